The Hall–Kier alpha value is -3.69. The van der Waals surface area contributed by atoms with E-state index in [1.165, 1.54) is 12.1 Å². The number of benzene rings is 3. The van der Waals surface area contributed by atoms with Crippen LogP contribution in [-0.4, -0.2) is 43.0 Å². The van der Waals surface area contributed by atoms with Gasteiger partial charge in [-0.2, -0.15) is 0 Å². The first-order valence-corrected chi connectivity index (χ1v) is 11.7. The Morgan fingerprint density at radius 1 is 0.914 bits per heavy atom. The van der Waals surface area contributed by atoms with Crippen molar-refractivity contribution in [1.29, 1.82) is 0 Å². The number of hydrazine groups is 1. The lowest BCUT2D eigenvalue weighted by Gasteiger charge is -2.26. The fourth-order valence-corrected chi connectivity index (χ4v) is 5.07. The SMILES string of the molecule is COc1ccc([C@@H]2NN(C(=O)c3cccc(Br)c3)[C@@H]3C(=O)N(c4ccccc4OC)C(=O)[C@@H]32)cc1. The van der Waals surface area contributed by atoms with Crippen molar-refractivity contribution >= 4 is 39.3 Å². The molecule has 5 rings (SSSR count). The molecule has 0 aromatic heterocycles. The maximum absolute atomic E-state index is 13.8. The second-order valence-electron chi connectivity index (χ2n) is 8.22. The molecule has 0 unspecified atom stereocenters. The summed E-state index contributed by atoms with van der Waals surface area (Å²) >= 11 is 3.39. The Bertz CT molecular complexity index is 1310. The van der Waals surface area contributed by atoms with Crippen molar-refractivity contribution in [1.82, 2.24) is 10.4 Å². The van der Waals surface area contributed by atoms with Crippen LogP contribution in [0.2, 0.25) is 0 Å². The summed E-state index contributed by atoms with van der Waals surface area (Å²) in [6.45, 7) is 0. The number of hydrogen-bond acceptors (Lipinski definition) is 6. The molecule has 2 saturated heterocycles. The normalized spacial score (nSPS) is 21.3. The average Bonchev–Trinajstić information content (AvgIpc) is 3.40. The van der Waals surface area contributed by atoms with Gasteiger partial charge in [0, 0.05) is 10.0 Å². The number of nitrogens with zero attached hydrogens (tertiary/aromatic N) is 2. The zero-order valence-electron chi connectivity index (χ0n) is 19.0. The summed E-state index contributed by atoms with van der Waals surface area (Å²) in [5.74, 6) is -1.06. The van der Waals surface area contributed by atoms with E-state index in [1.807, 2.05) is 18.2 Å². The van der Waals surface area contributed by atoms with Crippen molar-refractivity contribution in [2.24, 2.45) is 5.92 Å². The Labute approximate surface area is 210 Å². The highest BCUT2D eigenvalue weighted by Crippen LogP contribution is 2.44. The number of fused-ring (bicyclic) bond motifs is 1. The Balaban J connectivity index is 1.59. The number of anilines is 1. The minimum Gasteiger partial charge on any atom is -0.497 e. The molecule has 2 fully saturated rings. The van der Waals surface area contributed by atoms with Crippen molar-refractivity contribution in [3.05, 3.63) is 88.4 Å². The van der Waals surface area contributed by atoms with E-state index in [2.05, 4.69) is 21.4 Å². The third-order valence-corrected chi connectivity index (χ3v) is 6.82. The number of carbonyl (C=O) groups is 3. The summed E-state index contributed by atoms with van der Waals surface area (Å²) in [5.41, 5.74) is 4.65. The number of ether oxygens (including phenoxy) is 2. The molecule has 2 aliphatic heterocycles. The molecular formula is C26H22BrN3O5. The number of hydrogen-bond donors (Lipinski definition) is 1. The second-order valence-corrected chi connectivity index (χ2v) is 9.14. The standard InChI is InChI=1S/C26H22BrN3O5/c1-34-18-12-10-15(11-13-18)22-21-23(30(28-22)24(31)16-6-5-7-17(27)14-16)26(33)29(25(21)32)19-8-3-4-9-20(19)35-2/h3-14,21-23,28H,1-2H3/t21-,22+,23+/m1/s1. The highest BCUT2D eigenvalue weighted by molar-refractivity contribution is 9.10. The van der Waals surface area contributed by atoms with Gasteiger partial charge in [-0.15, -0.1) is 0 Å². The van der Waals surface area contributed by atoms with Gasteiger partial charge in [0.05, 0.1) is 31.9 Å². The first kappa shape index (κ1) is 23.1. The van der Waals surface area contributed by atoms with Gasteiger partial charge in [0.25, 0.3) is 11.8 Å². The Morgan fingerprint density at radius 3 is 2.34 bits per heavy atom. The van der Waals surface area contributed by atoms with Crippen LogP contribution in [0.1, 0.15) is 22.0 Å². The lowest BCUT2D eigenvalue weighted by Crippen LogP contribution is -2.48. The molecule has 8 nitrogen and oxygen atoms in total. The zero-order valence-corrected chi connectivity index (χ0v) is 20.6. The molecule has 3 atom stereocenters. The van der Waals surface area contributed by atoms with Gasteiger partial charge in [0.1, 0.15) is 17.5 Å². The fourth-order valence-electron chi connectivity index (χ4n) is 4.68. The molecule has 35 heavy (non-hydrogen) atoms. The van der Waals surface area contributed by atoms with Gasteiger partial charge in [0.15, 0.2) is 0 Å². The van der Waals surface area contributed by atoms with Crippen molar-refractivity contribution in [3.63, 3.8) is 0 Å². The van der Waals surface area contributed by atoms with E-state index in [0.717, 1.165) is 14.9 Å². The van der Waals surface area contributed by atoms with Crippen molar-refractivity contribution in [2.75, 3.05) is 19.1 Å². The van der Waals surface area contributed by atoms with Crippen LogP contribution in [0.15, 0.2) is 77.3 Å². The molecule has 3 amide bonds. The van der Waals surface area contributed by atoms with Gasteiger partial charge in [-0.1, -0.05) is 46.3 Å². The molecule has 1 N–H and O–H groups in total. The molecule has 0 radical (unpaired) electrons. The smallest absolute Gasteiger partial charge is 0.268 e. The van der Waals surface area contributed by atoms with Gasteiger partial charge in [-0.25, -0.2) is 10.3 Å². The third kappa shape index (κ3) is 3.86. The van der Waals surface area contributed by atoms with Gasteiger partial charge in [0.2, 0.25) is 5.91 Å². The third-order valence-electron chi connectivity index (χ3n) is 6.33. The van der Waals surface area contributed by atoms with Crippen LogP contribution in [0, 0.1) is 5.92 Å². The molecule has 3 aromatic rings. The number of carbonyl (C=O) groups excluding carboxylic acids is 3. The Morgan fingerprint density at radius 2 is 1.66 bits per heavy atom. The van der Waals surface area contributed by atoms with Crippen LogP contribution in [0.4, 0.5) is 5.69 Å². The summed E-state index contributed by atoms with van der Waals surface area (Å²) in [4.78, 5) is 42.2. The first-order valence-electron chi connectivity index (χ1n) is 10.9. The van der Waals surface area contributed by atoms with E-state index < -0.39 is 35.7 Å². The van der Waals surface area contributed by atoms with E-state index in [0.29, 0.717) is 22.7 Å². The van der Waals surface area contributed by atoms with Crippen LogP contribution in [0.5, 0.6) is 11.5 Å². The average molecular weight is 536 g/mol. The van der Waals surface area contributed by atoms with Crippen molar-refractivity contribution < 1.29 is 23.9 Å². The molecular weight excluding hydrogens is 514 g/mol. The number of methoxy groups -OCH3 is 2. The van der Waals surface area contributed by atoms with E-state index >= 15 is 0 Å². The summed E-state index contributed by atoms with van der Waals surface area (Å²) in [7, 11) is 3.05. The lowest BCUT2D eigenvalue weighted by molar-refractivity contribution is -0.123. The van der Waals surface area contributed by atoms with Crippen molar-refractivity contribution in [3.8, 4) is 11.5 Å². The molecule has 0 saturated carbocycles. The lowest BCUT2D eigenvalue weighted by atomic mass is 9.91. The molecule has 0 spiro atoms. The largest absolute Gasteiger partial charge is 0.497 e. The molecule has 2 heterocycles. The number of rotatable bonds is 5. The van der Waals surface area contributed by atoms with Gasteiger partial charge in [-0.05, 0) is 48.0 Å². The zero-order chi connectivity index (χ0) is 24.7. The second kappa shape index (κ2) is 9.16. The topological polar surface area (TPSA) is 88.2 Å². The van der Waals surface area contributed by atoms with Crippen LogP contribution < -0.4 is 19.8 Å². The van der Waals surface area contributed by atoms with Crippen LogP contribution in [0.3, 0.4) is 0 Å². The minimum absolute atomic E-state index is 0.350. The van der Waals surface area contributed by atoms with E-state index in [-0.39, 0.29) is 0 Å². The quantitative estimate of drug-likeness (QED) is 0.501. The fraction of sp³-hybridized carbons (Fsp3) is 0.192. The summed E-state index contributed by atoms with van der Waals surface area (Å²) in [6, 6.07) is 19.3. The van der Waals surface area contributed by atoms with E-state index in [1.54, 1.807) is 61.7 Å². The first-order chi connectivity index (χ1) is 16.9. The number of imide groups is 1. The van der Waals surface area contributed by atoms with Crippen LogP contribution in [0.25, 0.3) is 0 Å². The Kier molecular flexibility index (Phi) is 6.04. The van der Waals surface area contributed by atoms with Gasteiger partial charge in [-0.3, -0.25) is 19.4 Å². The molecule has 0 bridgehead atoms. The molecule has 0 aliphatic carbocycles. The maximum atomic E-state index is 13.8. The highest BCUT2D eigenvalue weighted by Gasteiger charge is 2.60. The van der Waals surface area contributed by atoms with Crippen LogP contribution in [-0.2, 0) is 9.59 Å². The number of halogens is 1. The van der Waals surface area contributed by atoms with Crippen molar-refractivity contribution in [2.45, 2.75) is 12.1 Å². The van der Waals surface area contributed by atoms with E-state index in [9.17, 15) is 14.4 Å². The summed E-state index contributed by atoms with van der Waals surface area (Å²) in [5, 5.41) is 1.29. The molecule has 178 valence electrons. The highest BCUT2D eigenvalue weighted by atomic mass is 79.9. The summed E-state index contributed by atoms with van der Waals surface area (Å²) < 4.78 is 11.4. The number of nitrogens with one attached hydrogen (secondary N) is 1. The number of para-hydroxylation sites is 2. The molecule has 9 heteroatoms. The van der Waals surface area contributed by atoms with E-state index in [4.69, 9.17) is 9.47 Å². The minimum atomic E-state index is -1.02. The summed E-state index contributed by atoms with van der Waals surface area (Å²) in [6.07, 6.45) is 0. The monoisotopic (exact) mass is 535 g/mol. The molecule has 3 aromatic carbocycles. The number of amides is 3. The van der Waals surface area contributed by atoms with Gasteiger partial charge >= 0.3 is 0 Å². The maximum Gasteiger partial charge on any atom is 0.268 e. The predicted molar refractivity (Wildman–Crippen MR) is 132 cm³/mol. The van der Waals surface area contributed by atoms with Gasteiger partial charge < -0.3 is 9.47 Å². The van der Waals surface area contributed by atoms with Crippen LogP contribution >= 0.6 is 15.9 Å². The molecule has 2 aliphatic rings. The predicted octanol–water partition coefficient (Wildman–Crippen LogP) is 3.73.